The highest BCUT2D eigenvalue weighted by atomic mass is 127. The maximum absolute atomic E-state index is 5.60. The Labute approximate surface area is 74.0 Å². The van der Waals surface area contributed by atoms with Gasteiger partial charge in [-0.2, -0.15) is 0 Å². The van der Waals surface area contributed by atoms with Crippen molar-refractivity contribution in [1.82, 2.24) is 4.98 Å². The van der Waals surface area contributed by atoms with Crippen LogP contribution in [0, 0.1) is 3.57 Å². The average Bonchev–Trinajstić information content (AvgIpc) is 1.88. The van der Waals surface area contributed by atoms with Crippen molar-refractivity contribution in [2.75, 3.05) is 0 Å². The first-order valence-electron chi connectivity index (χ1n) is 3.07. The molecule has 1 aromatic heterocycles. The van der Waals surface area contributed by atoms with Crippen molar-refractivity contribution in [3.05, 3.63) is 27.6 Å². The molecular weight excluding hydrogens is 239 g/mol. The van der Waals surface area contributed by atoms with E-state index < -0.39 is 0 Å². The number of nitrogens with two attached hydrogens (primary N) is 1. The SMILES string of the molecule is C[C@@H](N)c1ccc(I)cn1. The zero-order valence-electron chi connectivity index (χ0n) is 5.71. The van der Waals surface area contributed by atoms with E-state index >= 15 is 0 Å². The molecule has 54 valence electrons. The molecule has 0 amide bonds. The first-order chi connectivity index (χ1) is 4.70. The van der Waals surface area contributed by atoms with Crippen LogP contribution in [0.1, 0.15) is 18.7 Å². The molecule has 0 radical (unpaired) electrons. The van der Waals surface area contributed by atoms with Crippen molar-refractivity contribution in [2.24, 2.45) is 5.73 Å². The zero-order valence-corrected chi connectivity index (χ0v) is 7.87. The van der Waals surface area contributed by atoms with Gasteiger partial charge in [0.25, 0.3) is 0 Å². The maximum Gasteiger partial charge on any atom is 0.0568 e. The zero-order chi connectivity index (χ0) is 7.56. The molecule has 1 aromatic rings. The van der Waals surface area contributed by atoms with E-state index in [1.165, 1.54) is 0 Å². The van der Waals surface area contributed by atoms with Crippen LogP contribution in [-0.2, 0) is 0 Å². The molecule has 0 saturated heterocycles. The standard InChI is InChI=1S/C7H9IN2/c1-5(9)7-3-2-6(8)4-10-7/h2-5H,9H2,1H3/t5-/m1/s1. The van der Waals surface area contributed by atoms with E-state index in [9.17, 15) is 0 Å². The molecule has 0 bridgehead atoms. The molecule has 3 heteroatoms. The van der Waals surface area contributed by atoms with E-state index in [0.29, 0.717) is 0 Å². The molecule has 0 aromatic carbocycles. The van der Waals surface area contributed by atoms with E-state index in [0.717, 1.165) is 9.26 Å². The van der Waals surface area contributed by atoms with Crippen LogP contribution in [0.4, 0.5) is 0 Å². The fraction of sp³-hybridized carbons (Fsp3) is 0.286. The van der Waals surface area contributed by atoms with Crippen LogP contribution >= 0.6 is 22.6 Å². The molecule has 1 atom stereocenters. The number of rotatable bonds is 1. The van der Waals surface area contributed by atoms with E-state index in [4.69, 9.17) is 5.73 Å². The first kappa shape index (κ1) is 7.94. The highest BCUT2D eigenvalue weighted by Gasteiger charge is 1.97. The summed E-state index contributed by atoms with van der Waals surface area (Å²) in [6.07, 6.45) is 1.82. The van der Waals surface area contributed by atoms with Gasteiger partial charge >= 0.3 is 0 Å². The minimum Gasteiger partial charge on any atom is -0.323 e. The van der Waals surface area contributed by atoms with Gasteiger partial charge in [0.15, 0.2) is 0 Å². The molecule has 0 saturated carbocycles. The summed E-state index contributed by atoms with van der Waals surface area (Å²) >= 11 is 2.22. The number of aromatic nitrogens is 1. The van der Waals surface area contributed by atoms with Crippen LogP contribution in [-0.4, -0.2) is 4.98 Å². The third kappa shape index (κ3) is 1.91. The minimum absolute atomic E-state index is 0.0389. The number of halogens is 1. The highest BCUT2D eigenvalue weighted by Crippen LogP contribution is 2.07. The fourth-order valence-electron chi connectivity index (χ4n) is 0.657. The van der Waals surface area contributed by atoms with E-state index in [2.05, 4.69) is 27.6 Å². The van der Waals surface area contributed by atoms with Gasteiger partial charge < -0.3 is 5.73 Å². The summed E-state index contributed by atoms with van der Waals surface area (Å²) < 4.78 is 1.14. The number of nitrogens with zero attached hydrogens (tertiary/aromatic N) is 1. The van der Waals surface area contributed by atoms with Gasteiger partial charge in [-0.25, -0.2) is 0 Å². The lowest BCUT2D eigenvalue weighted by Crippen LogP contribution is -2.06. The summed E-state index contributed by atoms with van der Waals surface area (Å²) in [6, 6.07) is 4.00. The predicted octanol–water partition coefficient (Wildman–Crippen LogP) is 1.71. The predicted molar refractivity (Wildman–Crippen MR) is 49.6 cm³/mol. The topological polar surface area (TPSA) is 38.9 Å². The van der Waals surface area contributed by atoms with Crippen molar-refractivity contribution in [3.63, 3.8) is 0 Å². The monoisotopic (exact) mass is 248 g/mol. The van der Waals surface area contributed by atoms with Crippen molar-refractivity contribution >= 4 is 22.6 Å². The number of pyridine rings is 1. The van der Waals surface area contributed by atoms with Crippen molar-refractivity contribution in [1.29, 1.82) is 0 Å². The number of hydrogen-bond acceptors (Lipinski definition) is 2. The lowest BCUT2D eigenvalue weighted by Gasteiger charge is -2.02. The summed E-state index contributed by atoms with van der Waals surface area (Å²) in [5, 5.41) is 0. The Bertz CT molecular complexity index is 205. The Hall–Kier alpha value is -0.160. The lowest BCUT2D eigenvalue weighted by atomic mass is 10.2. The molecule has 0 aliphatic heterocycles. The summed E-state index contributed by atoms with van der Waals surface area (Å²) in [5.41, 5.74) is 6.54. The molecule has 0 fully saturated rings. The van der Waals surface area contributed by atoms with Gasteiger partial charge in [0, 0.05) is 15.8 Å². The van der Waals surface area contributed by atoms with E-state index in [1.807, 2.05) is 25.3 Å². The Kier molecular flexibility index (Phi) is 2.62. The smallest absolute Gasteiger partial charge is 0.0568 e. The minimum atomic E-state index is 0.0389. The number of hydrogen-bond donors (Lipinski definition) is 1. The van der Waals surface area contributed by atoms with Crippen molar-refractivity contribution in [3.8, 4) is 0 Å². The molecule has 2 nitrogen and oxygen atoms in total. The average molecular weight is 248 g/mol. The molecule has 0 aliphatic carbocycles. The van der Waals surface area contributed by atoms with Gasteiger partial charge in [0.2, 0.25) is 0 Å². The second kappa shape index (κ2) is 3.30. The van der Waals surface area contributed by atoms with Gasteiger partial charge in [0.05, 0.1) is 5.69 Å². The van der Waals surface area contributed by atoms with Crippen molar-refractivity contribution in [2.45, 2.75) is 13.0 Å². The van der Waals surface area contributed by atoms with E-state index in [1.54, 1.807) is 0 Å². The van der Waals surface area contributed by atoms with Crippen LogP contribution in [0.5, 0.6) is 0 Å². The Balaban J connectivity index is 2.89. The molecule has 0 aliphatic rings. The fourth-order valence-corrected chi connectivity index (χ4v) is 0.976. The summed E-state index contributed by atoms with van der Waals surface area (Å²) in [7, 11) is 0. The van der Waals surface area contributed by atoms with Gasteiger partial charge in [-0.05, 0) is 41.6 Å². The molecule has 1 heterocycles. The van der Waals surface area contributed by atoms with Crippen molar-refractivity contribution < 1.29 is 0 Å². The second-order valence-electron chi connectivity index (χ2n) is 2.19. The Morgan fingerprint density at radius 1 is 1.60 bits per heavy atom. The molecule has 0 spiro atoms. The lowest BCUT2D eigenvalue weighted by molar-refractivity contribution is 0.780. The third-order valence-electron chi connectivity index (χ3n) is 1.22. The molecule has 2 N–H and O–H groups in total. The van der Waals surface area contributed by atoms with E-state index in [-0.39, 0.29) is 6.04 Å². The van der Waals surface area contributed by atoms with Gasteiger partial charge in [-0.15, -0.1) is 0 Å². The Morgan fingerprint density at radius 3 is 2.70 bits per heavy atom. The molecular formula is C7H9IN2. The molecule has 1 rings (SSSR count). The normalized spacial score (nSPS) is 13.1. The Morgan fingerprint density at radius 2 is 2.30 bits per heavy atom. The van der Waals surface area contributed by atoms with Gasteiger partial charge in [0.1, 0.15) is 0 Å². The van der Waals surface area contributed by atoms with Crippen LogP contribution < -0.4 is 5.73 Å². The van der Waals surface area contributed by atoms with Crippen LogP contribution in [0.3, 0.4) is 0 Å². The van der Waals surface area contributed by atoms with Crippen LogP contribution in [0.15, 0.2) is 18.3 Å². The molecule has 0 unspecified atom stereocenters. The van der Waals surface area contributed by atoms with Crippen LogP contribution in [0.2, 0.25) is 0 Å². The third-order valence-corrected chi connectivity index (χ3v) is 1.85. The summed E-state index contributed by atoms with van der Waals surface area (Å²) in [5.74, 6) is 0. The largest absolute Gasteiger partial charge is 0.323 e. The van der Waals surface area contributed by atoms with Gasteiger partial charge in [-0.3, -0.25) is 4.98 Å². The van der Waals surface area contributed by atoms with Crippen LogP contribution in [0.25, 0.3) is 0 Å². The highest BCUT2D eigenvalue weighted by molar-refractivity contribution is 14.1. The second-order valence-corrected chi connectivity index (χ2v) is 3.44. The van der Waals surface area contributed by atoms with Gasteiger partial charge in [-0.1, -0.05) is 0 Å². The molecule has 10 heavy (non-hydrogen) atoms. The maximum atomic E-state index is 5.60. The summed E-state index contributed by atoms with van der Waals surface area (Å²) in [6.45, 7) is 1.93. The first-order valence-corrected chi connectivity index (χ1v) is 4.15. The summed E-state index contributed by atoms with van der Waals surface area (Å²) in [4.78, 5) is 4.15. The quantitative estimate of drug-likeness (QED) is 0.768.